The van der Waals surface area contributed by atoms with Crippen LogP contribution in [0.15, 0.2) is 107 Å². The van der Waals surface area contributed by atoms with E-state index in [0.29, 0.717) is 0 Å². The molecular formula is C44H46N4S. The molecule has 0 amide bonds. The molecule has 0 atom stereocenters. The van der Waals surface area contributed by atoms with E-state index < -0.39 is 0 Å². The molecular weight excluding hydrogens is 617 g/mol. The first-order valence-electron chi connectivity index (χ1n) is 17.4. The lowest BCUT2D eigenvalue weighted by atomic mass is 9.83. The van der Waals surface area contributed by atoms with E-state index in [0.717, 1.165) is 11.7 Å². The van der Waals surface area contributed by atoms with Gasteiger partial charge < -0.3 is 9.80 Å². The number of aliphatic imine (C=N–C) groups is 2. The van der Waals surface area contributed by atoms with Gasteiger partial charge in [0.25, 0.3) is 0 Å². The van der Waals surface area contributed by atoms with E-state index in [2.05, 4.69) is 176 Å². The molecule has 0 N–H and O–H groups in total. The summed E-state index contributed by atoms with van der Waals surface area (Å²) in [4.78, 5) is 14.8. The van der Waals surface area contributed by atoms with E-state index in [1.54, 1.807) is 0 Å². The van der Waals surface area contributed by atoms with Gasteiger partial charge in [0.15, 0.2) is 0 Å². The van der Waals surface area contributed by atoms with E-state index in [1.807, 2.05) is 11.3 Å². The maximum atomic E-state index is 5.00. The Morgan fingerprint density at radius 2 is 0.980 bits per heavy atom. The average Bonchev–Trinajstić information content (AvgIpc) is 3.55. The highest BCUT2D eigenvalue weighted by atomic mass is 32.1. The van der Waals surface area contributed by atoms with Gasteiger partial charge in [-0.2, -0.15) is 0 Å². The normalized spacial score (nSPS) is 19.2. The van der Waals surface area contributed by atoms with Crippen molar-refractivity contribution >= 4 is 65.3 Å². The molecule has 6 aromatic rings. The van der Waals surface area contributed by atoms with Crippen molar-refractivity contribution < 1.29 is 0 Å². The highest BCUT2D eigenvalue weighted by Crippen LogP contribution is 2.46. The van der Waals surface area contributed by atoms with Gasteiger partial charge in [-0.15, -0.1) is 11.3 Å². The second kappa shape index (κ2) is 10.5. The molecule has 1 aromatic heterocycles. The number of hydrogen-bond acceptors (Lipinski definition) is 5. The molecule has 0 bridgehead atoms. The van der Waals surface area contributed by atoms with Gasteiger partial charge in [0.05, 0.1) is 22.2 Å². The van der Waals surface area contributed by atoms with Crippen LogP contribution < -0.4 is 9.80 Å². The molecule has 3 heterocycles. The molecule has 0 unspecified atom stereocenters. The lowest BCUT2D eigenvalue weighted by Crippen LogP contribution is -2.52. The highest BCUT2D eigenvalue weighted by molar-refractivity contribution is 7.26. The van der Waals surface area contributed by atoms with Crippen molar-refractivity contribution in [2.75, 3.05) is 9.80 Å². The zero-order valence-corrected chi connectivity index (χ0v) is 31.3. The Morgan fingerprint density at radius 1 is 0.490 bits per heavy atom. The van der Waals surface area contributed by atoms with Crippen LogP contribution in [0, 0.1) is 0 Å². The van der Waals surface area contributed by atoms with Gasteiger partial charge in [-0.1, -0.05) is 60.7 Å². The van der Waals surface area contributed by atoms with Gasteiger partial charge in [-0.25, -0.2) is 0 Å². The van der Waals surface area contributed by atoms with Crippen LogP contribution in [0.25, 0.3) is 53.2 Å². The van der Waals surface area contributed by atoms with Crippen LogP contribution in [0.2, 0.25) is 0 Å². The first-order valence-corrected chi connectivity index (χ1v) is 18.2. The fourth-order valence-corrected chi connectivity index (χ4v) is 9.41. The first kappa shape index (κ1) is 31.8. The Hall–Kier alpha value is -4.48. The van der Waals surface area contributed by atoms with Gasteiger partial charge in [-0.05, 0) is 139 Å². The Bertz CT molecular complexity index is 2350. The first-order chi connectivity index (χ1) is 23.1. The summed E-state index contributed by atoms with van der Waals surface area (Å²) in [7, 11) is 0. The van der Waals surface area contributed by atoms with Gasteiger partial charge in [0.1, 0.15) is 11.7 Å². The van der Waals surface area contributed by atoms with E-state index >= 15 is 0 Å². The monoisotopic (exact) mass is 662 g/mol. The molecule has 248 valence electrons. The number of anilines is 2. The van der Waals surface area contributed by atoms with E-state index in [9.17, 15) is 0 Å². The van der Waals surface area contributed by atoms with E-state index in [1.165, 1.54) is 64.6 Å². The highest BCUT2D eigenvalue weighted by Gasteiger charge is 2.49. The van der Waals surface area contributed by atoms with Crippen LogP contribution in [0.5, 0.6) is 0 Å². The molecule has 0 saturated carbocycles. The number of hydrogen-bond donors (Lipinski definition) is 0. The molecule has 0 spiro atoms. The lowest BCUT2D eigenvalue weighted by molar-refractivity contribution is 0.338. The second-order valence-corrected chi connectivity index (χ2v) is 17.1. The standard InChI is InChI=1S/C44H46N4S/c1-27-45-41(3,4)43(7,8)47(27)32-20-15-29(16-21-32)31-19-24-36-38(25-31)49-39-26-37(34-13-11-12-14-35(34)40(36)39)30-17-22-33(23-18-30)48-28(2)46-42(5,6)44(48,9)10/h11-26H,1-10H3. The number of benzene rings is 5. The topological polar surface area (TPSA) is 31.2 Å². The smallest absolute Gasteiger partial charge is 0.102 e. The largest absolute Gasteiger partial charge is 0.322 e. The minimum absolute atomic E-state index is 0.103. The summed E-state index contributed by atoms with van der Waals surface area (Å²) in [6.07, 6.45) is 0. The third-order valence-electron chi connectivity index (χ3n) is 12.0. The summed E-state index contributed by atoms with van der Waals surface area (Å²) in [6, 6.07) is 36.4. The van der Waals surface area contributed by atoms with Gasteiger partial charge in [0.2, 0.25) is 0 Å². The third-order valence-corrected chi connectivity index (χ3v) is 13.1. The van der Waals surface area contributed by atoms with Crippen molar-refractivity contribution in [3.63, 3.8) is 0 Å². The van der Waals surface area contributed by atoms with Crippen LogP contribution in [-0.2, 0) is 0 Å². The lowest BCUT2D eigenvalue weighted by Gasteiger charge is -2.41. The SMILES string of the molecule is CC1=NC(C)(C)C(C)(C)N1c1ccc(-c2ccc3c(c2)sc2cc(-c4ccc(N5C(C)=NC(C)(C)C5(C)C)cc4)c4ccccc4c23)cc1. The van der Waals surface area contributed by atoms with E-state index in [-0.39, 0.29) is 22.2 Å². The maximum absolute atomic E-state index is 5.00. The molecule has 2 aliphatic heterocycles. The number of nitrogens with zero attached hydrogens (tertiary/aromatic N) is 4. The Balaban J connectivity index is 1.17. The Morgan fingerprint density at radius 3 is 1.49 bits per heavy atom. The molecule has 5 aromatic carbocycles. The number of thiophene rings is 1. The van der Waals surface area contributed by atoms with Crippen LogP contribution in [0.4, 0.5) is 11.4 Å². The molecule has 8 rings (SSSR count). The molecule has 0 aliphatic carbocycles. The number of amidine groups is 2. The molecule has 49 heavy (non-hydrogen) atoms. The maximum Gasteiger partial charge on any atom is 0.102 e. The number of fused-ring (bicyclic) bond motifs is 5. The summed E-state index contributed by atoms with van der Waals surface area (Å²) >= 11 is 1.89. The van der Waals surface area contributed by atoms with Crippen molar-refractivity contribution in [2.45, 2.75) is 91.4 Å². The van der Waals surface area contributed by atoms with Crippen LogP contribution in [-0.4, -0.2) is 33.8 Å². The second-order valence-electron chi connectivity index (χ2n) is 16.0. The molecule has 4 nitrogen and oxygen atoms in total. The fourth-order valence-electron chi connectivity index (χ4n) is 8.21. The summed E-state index contributed by atoms with van der Waals surface area (Å²) < 4.78 is 2.63. The molecule has 2 aliphatic rings. The average molecular weight is 663 g/mol. The molecule has 0 fully saturated rings. The fraction of sp³-hybridized carbons (Fsp3) is 0.318. The summed E-state index contributed by atoms with van der Waals surface area (Å²) in [6.45, 7) is 22.3. The zero-order chi connectivity index (χ0) is 34.7. The molecule has 0 radical (unpaired) electrons. The summed E-state index contributed by atoms with van der Waals surface area (Å²) in [5, 5.41) is 5.26. The Labute approximate surface area is 294 Å². The third kappa shape index (κ3) is 4.61. The quantitative estimate of drug-likeness (QED) is 0.188. The van der Waals surface area contributed by atoms with Crippen LogP contribution >= 0.6 is 11.3 Å². The van der Waals surface area contributed by atoms with Crippen LogP contribution in [0.3, 0.4) is 0 Å². The predicted octanol–water partition coefficient (Wildman–Crippen LogP) is 12.1. The summed E-state index contributed by atoms with van der Waals surface area (Å²) in [5.41, 5.74) is 6.83. The van der Waals surface area contributed by atoms with E-state index in [4.69, 9.17) is 9.98 Å². The van der Waals surface area contributed by atoms with Gasteiger partial charge in [0, 0.05) is 31.5 Å². The summed E-state index contributed by atoms with van der Waals surface area (Å²) in [5.74, 6) is 2.14. The van der Waals surface area contributed by atoms with Crippen molar-refractivity contribution in [1.82, 2.24) is 0 Å². The van der Waals surface area contributed by atoms with Gasteiger partial charge >= 0.3 is 0 Å². The molecule has 5 heteroatoms. The number of rotatable bonds is 4. The van der Waals surface area contributed by atoms with Crippen LogP contribution in [0.1, 0.15) is 69.2 Å². The van der Waals surface area contributed by atoms with Crippen molar-refractivity contribution in [2.24, 2.45) is 9.98 Å². The minimum Gasteiger partial charge on any atom is -0.322 e. The predicted molar refractivity (Wildman–Crippen MR) is 215 cm³/mol. The zero-order valence-electron chi connectivity index (χ0n) is 30.4. The molecule has 0 saturated heterocycles. The van der Waals surface area contributed by atoms with Crippen molar-refractivity contribution in [3.05, 3.63) is 97.1 Å². The van der Waals surface area contributed by atoms with Crippen molar-refractivity contribution in [3.8, 4) is 22.3 Å². The minimum atomic E-state index is -0.155. The Kier molecular flexibility index (Phi) is 6.81. The van der Waals surface area contributed by atoms with Gasteiger partial charge in [-0.3, -0.25) is 9.98 Å². The van der Waals surface area contributed by atoms with Crippen molar-refractivity contribution in [1.29, 1.82) is 0 Å².